The van der Waals surface area contributed by atoms with Crippen LogP contribution >= 0.6 is 7.82 Å². The van der Waals surface area contributed by atoms with E-state index >= 15 is 0 Å². The molecule has 1 unspecified atom stereocenters. The zero-order valence-electron chi connectivity index (χ0n) is 11.6. The molecule has 0 aliphatic heterocycles. The van der Waals surface area contributed by atoms with Gasteiger partial charge in [0.2, 0.25) is 0 Å². The highest BCUT2D eigenvalue weighted by Crippen LogP contribution is 2.37. The van der Waals surface area contributed by atoms with Crippen molar-refractivity contribution in [3.8, 4) is 0 Å². The lowest BCUT2D eigenvalue weighted by Crippen LogP contribution is -2.22. The van der Waals surface area contributed by atoms with Gasteiger partial charge in [0.05, 0.1) is 13.0 Å². The van der Waals surface area contributed by atoms with Crippen LogP contribution in [0.25, 0.3) is 0 Å². The number of hydrogen-bond donors (Lipinski definition) is 2. The lowest BCUT2D eigenvalue weighted by molar-refractivity contribution is -0.147. The fourth-order valence-electron chi connectivity index (χ4n) is 1.06. The molecule has 0 aliphatic rings. The van der Waals surface area contributed by atoms with Crippen molar-refractivity contribution in [1.82, 2.24) is 0 Å². The first-order chi connectivity index (χ1) is 8.41. The van der Waals surface area contributed by atoms with Gasteiger partial charge >= 0.3 is 13.8 Å². The smallest absolute Gasteiger partial charge is 0.465 e. The molecule has 0 heterocycles. The van der Waals surface area contributed by atoms with Crippen LogP contribution in [-0.2, 0) is 23.4 Å². The van der Waals surface area contributed by atoms with Crippen LogP contribution in [0.4, 0.5) is 0 Å². The van der Waals surface area contributed by atoms with E-state index in [4.69, 9.17) is 14.5 Å². The first kappa shape index (κ1) is 18.2. The molecular formula is C11H21O7P. The van der Waals surface area contributed by atoms with Gasteiger partial charge in [0.15, 0.2) is 5.78 Å². The summed E-state index contributed by atoms with van der Waals surface area (Å²) in [5.74, 6) is -1.08. The SMILES string of the molecule is CC(OP(=O)(O)O)C(=O)CCC(=O)OCC(C)(C)C. The maximum absolute atomic E-state index is 11.5. The van der Waals surface area contributed by atoms with E-state index in [1.54, 1.807) is 0 Å². The van der Waals surface area contributed by atoms with Gasteiger partial charge in [0.1, 0.15) is 6.10 Å². The van der Waals surface area contributed by atoms with E-state index in [1.165, 1.54) is 6.92 Å². The first-order valence-electron chi connectivity index (χ1n) is 5.83. The van der Waals surface area contributed by atoms with Crippen molar-refractivity contribution < 1.29 is 33.2 Å². The van der Waals surface area contributed by atoms with Gasteiger partial charge in [-0.1, -0.05) is 20.8 Å². The Kier molecular flexibility index (Phi) is 6.86. The number of carbonyl (C=O) groups excluding carboxylic acids is 2. The maximum atomic E-state index is 11.5. The number of phosphoric ester groups is 1. The van der Waals surface area contributed by atoms with Crippen LogP contribution in [0.3, 0.4) is 0 Å². The Morgan fingerprint density at radius 2 is 1.74 bits per heavy atom. The van der Waals surface area contributed by atoms with Crippen molar-refractivity contribution in [1.29, 1.82) is 0 Å². The molecule has 8 heteroatoms. The molecule has 0 aromatic heterocycles. The molecule has 2 N–H and O–H groups in total. The van der Waals surface area contributed by atoms with Gasteiger partial charge in [0, 0.05) is 6.42 Å². The van der Waals surface area contributed by atoms with Crippen LogP contribution in [-0.4, -0.2) is 34.3 Å². The van der Waals surface area contributed by atoms with Gasteiger partial charge in [-0.2, -0.15) is 0 Å². The lowest BCUT2D eigenvalue weighted by atomic mass is 9.99. The van der Waals surface area contributed by atoms with Gasteiger partial charge in [-0.05, 0) is 12.3 Å². The maximum Gasteiger partial charge on any atom is 0.470 e. The molecular weight excluding hydrogens is 275 g/mol. The van der Waals surface area contributed by atoms with Crippen LogP contribution in [0.15, 0.2) is 0 Å². The highest BCUT2D eigenvalue weighted by molar-refractivity contribution is 7.46. The van der Waals surface area contributed by atoms with E-state index in [1.807, 2.05) is 20.8 Å². The zero-order valence-corrected chi connectivity index (χ0v) is 12.5. The Hall–Kier alpha value is -0.750. The number of ketones is 1. The van der Waals surface area contributed by atoms with Crippen LogP contribution in [0.2, 0.25) is 0 Å². The molecule has 0 aromatic rings. The molecule has 7 nitrogen and oxygen atoms in total. The first-order valence-corrected chi connectivity index (χ1v) is 7.36. The summed E-state index contributed by atoms with van der Waals surface area (Å²) in [6.45, 7) is 7.18. The summed E-state index contributed by atoms with van der Waals surface area (Å²) in [5.41, 5.74) is -0.156. The summed E-state index contributed by atoms with van der Waals surface area (Å²) in [7, 11) is -4.69. The Morgan fingerprint density at radius 1 is 1.21 bits per heavy atom. The van der Waals surface area contributed by atoms with Gasteiger partial charge in [0.25, 0.3) is 0 Å². The minimum absolute atomic E-state index is 0.135. The molecule has 19 heavy (non-hydrogen) atoms. The van der Waals surface area contributed by atoms with E-state index in [0.717, 1.165) is 0 Å². The molecule has 0 aromatic carbocycles. The molecule has 0 aliphatic carbocycles. The summed E-state index contributed by atoms with van der Waals surface area (Å²) >= 11 is 0. The van der Waals surface area contributed by atoms with Crippen molar-refractivity contribution in [2.24, 2.45) is 5.41 Å². The largest absolute Gasteiger partial charge is 0.470 e. The third kappa shape index (κ3) is 10.8. The van der Waals surface area contributed by atoms with Gasteiger partial charge in [-0.15, -0.1) is 0 Å². The van der Waals surface area contributed by atoms with Crippen LogP contribution in [0.5, 0.6) is 0 Å². The summed E-state index contributed by atoms with van der Waals surface area (Å²) in [4.78, 5) is 39.8. The minimum Gasteiger partial charge on any atom is -0.465 e. The molecule has 0 bridgehead atoms. The topological polar surface area (TPSA) is 110 Å². The second-order valence-electron chi connectivity index (χ2n) is 5.43. The van der Waals surface area contributed by atoms with Gasteiger partial charge in [-0.25, -0.2) is 4.57 Å². The second-order valence-corrected chi connectivity index (χ2v) is 6.62. The van der Waals surface area contributed by atoms with Crippen molar-refractivity contribution in [3.05, 3.63) is 0 Å². The van der Waals surface area contributed by atoms with Crippen molar-refractivity contribution in [2.75, 3.05) is 6.61 Å². The number of carbonyl (C=O) groups is 2. The number of phosphoric acid groups is 1. The number of esters is 1. The fraction of sp³-hybridized carbons (Fsp3) is 0.818. The lowest BCUT2D eigenvalue weighted by Gasteiger charge is -2.18. The molecule has 0 radical (unpaired) electrons. The van der Waals surface area contributed by atoms with Crippen molar-refractivity contribution >= 4 is 19.6 Å². The Balaban J connectivity index is 4.03. The summed E-state index contributed by atoms with van der Waals surface area (Å²) in [6.07, 6.45) is -1.57. The number of Topliss-reactive ketones (excluding diaryl/α,β-unsaturated/α-hetero) is 1. The molecule has 0 saturated carbocycles. The highest BCUT2D eigenvalue weighted by Gasteiger charge is 2.24. The summed E-state index contributed by atoms with van der Waals surface area (Å²) < 4.78 is 19.7. The molecule has 0 fully saturated rings. The standard InChI is InChI=1S/C11H21O7P/c1-8(18-19(14,15)16)9(12)5-6-10(13)17-7-11(2,3)4/h8H,5-7H2,1-4H3,(H2,14,15,16). The molecule has 0 amide bonds. The van der Waals surface area contributed by atoms with E-state index in [-0.39, 0.29) is 24.9 Å². The van der Waals surface area contributed by atoms with E-state index in [9.17, 15) is 14.2 Å². The predicted molar refractivity (Wildman–Crippen MR) is 67.2 cm³/mol. The minimum atomic E-state index is -4.69. The van der Waals surface area contributed by atoms with E-state index in [2.05, 4.69) is 4.52 Å². The van der Waals surface area contributed by atoms with Crippen molar-refractivity contribution in [3.63, 3.8) is 0 Å². The van der Waals surface area contributed by atoms with E-state index in [0.29, 0.717) is 0 Å². The van der Waals surface area contributed by atoms with Crippen LogP contribution in [0, 0.1) is 5.41 Å². The number of rotatable bonds is 7. The molecule has 0 saturated heterocycles. The zero-order chi connectivity index (χ0) is 15.3. The molecule has 1 atom stereocenters. The second kappa shape index (κ2) is 7.14. The fourth-order valence-corrected chi connectivity index (χ4v) is 1.59. The van der Waals surface area contributed by atoms with Crippen molar-refractivity contribution in [2.45, 2.75) is 46.6 Å². The molecule has 0 rings (SSSR count). The van der Waals surface area contributed by atoms with Gasteiger partial charge in [-0.3, -0.25) is 14.1 Å². The Morgan fingerprint density at radius 3 is 2.16 bits per heavy atom. The predicted octanol–water partition coefficient (Wildman–Crippen LogP) is 1.42. The highest BCUT2D eigenvalue weighted by atomic mass is 31.2. The third-order valence-corrected chi connectivity index (χ3v) is 2.58. The molecule has 0 spiro atoms. The summed E-state index contributed by atoms with van der Waals surface area (Å²) in [5, 5.41) is 0. The monoisotopic (exact) mass is 296 g/mol. The number of ether oxygens (including phenoxy) is 1. The number of hydrogen-bond acceptors (Lipinski definition) is 5. The van der Waals surface area contributed by atoms with E-state index < -0.39 is 25.7 Å². The average molecular weight is 296 g/mol. The van der Waals surface area contributed by atoms with Gasteiger partial charge < -0.3 is 14.5 Å². The average Bonchev–Trinajstić information content (AvgIpc) is 2.19. The molecule has 112 valence electrons. The summed E-state index contributed by atoms with van der Waals surface area (Å²) in [6, 6.07) is 0. The third-order valence-electron chi connectivity index (χ3n) is 1.99. The normalized spacial score (nSPS) is 14.0. The quantitative estimate of drug-likeness (QED) is 0.540. The Labute approximate surface area is 112 Å². The van der Waals surface area contributed by atoms with Crippen LogP contribution in [0.1, 0.15) is 40.5 Å². The Bertz CT molecular complexity index is 366. The van der Waals surface area contributed by atoms with Crippen LogP contribution < -0.4 is 0 Å².